The molecule has 1 heterocycles. The number of anilines is 1. The molecule has 4 aromatic rings. The normalized spacial score (nSPS) is 10.8. The molecule has 1 amide bonds. The third-order valence-electron chi connectivity index (χ3n) is 4.46. The maximum absolute atomic E-state index is 12.6. The number of carbonyl (C=O) groups excluding carboxylic acids is 1. The van der Waals surface area contributed by atoms with Gasteiger partial charge in [-0.2, -0.15) is 0 Å². The second-order valence-corrected chi connectivity index (χ2v) is 6.78. The fourth-order valence-electron chi connectivity index (χ4n) is 3.05. The van der Waals surface area contributed by atoms with Crippen molar-refractivity contribution in [1.82, 2.24) is 4.98 Å². The van der Waals surface area contributed by atoms with Gasteiger partial charge < -0.3 is 14.5 Å². The van der Waals surface area contributed by atoms with E-state index in [9.17, 15) is 4.79 Å². The van der Waals surface area contributed by atoms with Gasteiger partial charge in [-0.05, 0) is 48.4 Å². The summed E-state index contributed by atoms with van der Waals surface area (Å²) in [6, 6.07) is 22.7. The van der Waals surface area contributed by atoms with Crippen LogP contribution in [0.1, 0.15) is 35.2 Å². The van der Waals surface area contributed by atoms with Gasteiger partial charge in [0.2, 0.25) is 0 Å². The van der Waals surface area contributed by atoms with Crippen molar-refractivity contribution in [1.29, 1.82) is 0 Å². The van der Waals surface area contributed by atoms with Crippen molar-refractivity contribution in [2.75, 3.05) is 11.9 Å². The Balaban J connectivity index is 1.49. The van der Waals surface area contributed by atoms with E-state index in [4.69, 9.17) is 9.15 Å². The van der Waals surface area contributed by atoms with E-state index in [2.05, 4.69) is 10.3 Å². The molecule has 5 nitrogen and oxygen atoms in total. The van der Waals surface area contributed by atoms with Crippen molar-refractivity contribution in [3.8, 4) is 5.75 Å². The van der Waals surface area contributed by atoms with Gasteiger partial charge in [0, 0.05) is 17.7 Å². The van der Waals surface area contributed by atoms with Gasteiger partial charge in [0.15, 0.2) is 11.5 Å². The van der Waals surface area contributed by atoms with Crippen LogP contribution in [0.4, 0.5) is 5.69 Å². The van der Waals surface area contributed by atoms with E-state index in [1.807, 2.05) is 67.6 Å². The molecule has 5 heteroatoms. The van der Waals surface area contributed by atoms with Crippen molar-refractivity contribution < 1.29 is 13.9 Å². The minimum absolute atomic E-state index is 0.195. The Bertz CT molecular complexity index is 1120. The molecule has 0 radical (unpaired) electrons. The van der Waals surface area contributed by atoms with Gasteiger partial charge in [0.25, 0.3) is 5.91 Å². The quantitative estimate of drug-likeness (QED) is 0.458. The molecule has 3 aromatic carbocycles. The van der Waals surface area contributed by atoms with E-state index in [0.29, 0.717) is 47.0 Å². The van der Waals surface area contributed by atoms with Crippen LogP contribution in [0.25, 0.3) is 11.1 Å². The number of oxazole rings is 1. The lowest BCUT2D eigenvalue weighted by molar-refractivity contribution is 0.102. The van der Waals surface area contributed by atoms with E-state index in [1.54, 1.807) is 12.1 Å². The van der Waals surface area contributed by atoms with Gasteiger partial charge in [0.1, 0.15) is 11.3 Å². The molecule has 0 saturated heterocycles. The molecule has 0 fully saturated rings. The molecule has 0 saturated carbocycles. The summed E-state index contributed by atoms with van der Waals surface area (Å²) in [6.07, 6.45) is 1.54. The fraction of sp³-hybridized carbons (Fsp3) is 0.167. The molecule has 0 aliphatic carbocycles. The SMILES string of the molecule is CCCOc1cccc(C(=O)Nc2ccc3oc(Cc4ccccc4)nc3c2)c1. The molecule has 0 aliphatic heterocycles. The Labute approximate surface area is 169 Å². The number of hydrogen-bond donors (Lipinski definition) is 1. The molecular formula is C24H22N2O3. The summed E-state index contributed by atoms with van der Waals surface area (Å²) in [5, 5.41) is 2.92. The first-order valence-corrected chi connectivity index (χ1v) is 9.69. The third kappa shape index (κ3) is 4.63. The molecule has 1 N–H and O–H groups in total. The molecule has 0 aliphatic rings. The first-order chi connectivity index (χ1) is 14.2. The molecule has 146 valence electrons. The summed E-state index contributed by atoms with van der Waals surface area (Å²) in [4.78, 5) is 17.2. The average Bonchev–Trinajstić information content (AvgIpc) is 3.14. The summed E-state index contributed by atoms with van der Waals surface area (Å²) in [6.45, 7) is 2.67. The van der Waals surface area contributed by atoms with Crippen molar-refractivity contribution in [2.45, 2.75) is 19.8 Å². The Morgan fingerprint density at radius 2 is 1.90 bits per heavy atom. The first kappa shape index (κ1) is 18.7. The van der Waals surface area contributed by atoms with E-state index in [-0.39, 0.29) is 5.91 Å². The molecule has 0 spiro atoms. The first-order valence-electron chi connectivity index (χ1n) is 9.69. The largest absolute Gasteiger partial charge is 0.494 e. The fourth-order valence-corrected chi connectivity index (χ4v) is 3.05. The van der Waals surface area contributed by atoms with Crippen LogP contribution in [0.15, 0.2) is 77.2 Å². The molecule has 0 unspecified atom stereocenters. The predicted octanol–water partition coefficient (Wildman–Crippen LogP) is 5.46. The number of aromatic nitrogens is 1. The summed E-state index contributed by atoms with van der Waals surface area (Å²) >= 11 is 0. The molecular weight excluding hydrogens is 364 g/mol. The van der Waals surface area contributed by atoms with Crippen LogP contribution in [-0.4, -0.2) is 17.5 Å². The Morgan fingerprint density at radius 3 is 2.72 bits per heavy atom. The summed E-state index contributed by atoms with van der Waals surface area (Å²) in [5.74, 6) is 1.15. The molecule has 29 heavy (non-hydrogen) atoms. The summed E-state index contributed by atoms with van der Waals surface area (Å²) in [7, 11) is 0. The van der Waals surface area contributed by atoms with Crippen LogP contribution in [0.2, 0.25) is 0 Å². The van der Waals surface area contributed by atoms with E-state index < -0.39 is 0 Å². The smallest absolute Gasteiger partial charge is 0.255 e. The van der Waals surface area contributed by atoms with E-state index in [0.717, 1.165) is 12.0 Å². The number of nitrogens with zero attached hydrogens (tertiary/aromatic N) is 1. The zero-order valence-corrected chi connectivity index (χ0v) is 16.2. The number of carbonyl (C=O) groups is 1. The van der Waals surface area contributed by atoms with Gasteiger partial charge in [-0.1, -0.05) is 43.3 Å². The lowest BCUT2D eigenvalue weighted by Crippen LogP contribution is -2.12. The van der Waals surface area contributed by atoms with Gasteiger partial charge >= 0.3 is 0 Å². The Hall–Kier alpha value is -3.60. The Morgan fingerprint density at radius 1 is 1.03 bits per heavy atom. The standard InChI is InChI=1S/C24H22N2O3/c1-2-13-28-20-10-6-9-18(15-20)24(27)25-19-11-12-22-21(16-19)26-23(29-22)14-17-7-4-3-5-8-17/h3-12,15-16H,2,13-14H2,1H3,(H,25,27). The van der Waals surface area contributed by atoms with Crippen molar-refractivity contribution >= 4 is 22.7 Å². The van der Waals surface area contributed by atoms with Crippen molar-refractivity contribution in [3.05, 3.63) is 89.8 Å². The van der Waals surface area contributed by atoms with Crippen LogP contribution in [-0.2, 0) is 6.42 Å². The topological polar surface area (TPSA) is 64.4 Å². The lowest BCUT2D eigenvalue weighted by Gasteiger charge is -2.08. The zero-order chi connectivity index (χ0) is 20.1. The minimum Gasteiger partial charge on any atom is -0.494 e. The number of nitrogens with one attached hydrogen (secondary N) is 1. The maximum Gasteiger partial charge on any atom is 0.255 e. The summed E-state index contributed by atoms with van der Waals surface area (Å²) < 4.78 is 11.4. The molecule has 0 atom stereocenters. The highest BCUT2D eigenvalue weighted by atomic mass is 16.5. The maximum atomic E-state index is 12.6. The van der Waals surface area contributed by atoms with Crippen LogP contribution >= 0.6 is 0 Å². The second-order valence-electron chi connectivity index (χ2n) is 6.78. The van der Waals surface area contributed by atoms with Gasteiger partial charge in [-0.15, -0.1) is 0 Å². The molecule has 0 bridgehead atoms. The van der Waals surface area contributed by atoms with Gasteiger partial charge in [-0.3, -0.25) is 4.79 Å². The number of amides is 1. The lowest BCUT2D eigenvalue weighted by atomic mass is 10.1. The van der Waals surface area contributed by atoms with Crippen LogP contribution in [0, 0.1) is 0 Å². The van der Waals surface area contributed by atoms with Crippen molar-refractivity contribution in [2.24, 2.45) is 0 Å². The number of benzene rings is 3. The van der Waals surface area contributed by atoms with Crippen molar-refractivity contribution in [3.63, 3.8) is 0 Å². The predicted molar refractivity (Wildman–Crippen MR) is 113 cm³/mol. The van der Waals surface area contributed by atoms with E-state index in [1.165, 1.54) is 0 Å². The molecule has 1 aromatic heterocycles. The highest BCUT2D eigenvalue weighted by Gasteiger charge is 2.11. The van der Waals surface area contributed by atoms with Gasteiger partial charge in [0.05, 0.1) is 6.61 Å². The summed E-state index contributed by atoms with van der Waals surface area (Å²) in [5.41, 5.74) is 3.76. The highest BCUT2D eigenvalue weighted by Crippen LogP contribution is 2.22. The molecule has 4 rings (SSSR count). The third-order valence-corrected chi connectivity index (χ3v) is 4.46. The van der Waals surface area contributed by atoms with E-state index >= 15 is 0 Å². The second kappa shape index (κ2) is 8.61. The Kier molecular flexibility index (Phi) is 5.56. The zero-order valence-electron chi connectivity index (χ0n) is 16.2. The highest BCUT2D eigenvalue weighted by molar-refractivity contribution is 6.05. The van der Waals surface area contributed by atoms with Crippen LogP contribution in [0.5, 0.6) is 5.75 Å². The monoisotopic (exact) mass is 386 g/mol. The van der Waals surface area contributed by atoms with Crippen LogP contribution in [0.3, 0.4) is 0 Å². The number of rotatable bonds is 7. The average molecular weight is 386 g/mol. The number of hydrogen-bond acceptors (Lipinski definition) is 4. The van der Waals surface area contributed by atoms with Gasteiger partial charge in [-0.25, -0.2) is 4.98 Å². The number of ether oxygens (including phenoxy) is 1. The van der Waals surface area contributed by atoms with Crippen LogP contribution < -0.4 is 10.1 Å². The minimum atomic E-state index is -0.195. The number of fused-ring (bicyclic) bond motifs is 1.